The summed E-state index contributed by atoms with van der Waals surface area (Å²) in [5.41, 5.74) is 0.186. The molecule has 0 aliphatic heterocycles. The molecule has 94 valence electrons. The zero-order chi connectivity index (χ0) is 13.3. The summed E-state index contributed by atoms with van der Waals surface area (Å²) in [6.07, 6.45) is 1.80. The van der Waals surface area contributed by atoms with Crippen molar-refractivity contribution in [1.82, 2.24) is 9.55 Å². The van der Waals surface area contributed by atoms with Gasteiger partial charge in [0, 0.05) is 6.07 Å². The number of aromatic nitrogens is 2. The molecule has 0 saturated heterocycles. The molecule has 3 nitrogen and oxygen atoms in total. The van der Waals surface area contributed by atoms with Gasteiger partial charge in [-0.2, -0.15) is 0 Å². The first-order chi connectivity index (χ1) is 8.54. The van der Waals surface area contributed by atoms with Crippen molar-refractivity contribution in [3.8, 4) is 5.69 Å². The average Bonchev–Trinajstić information content (AvgIpc) is 2.32. The Hall–Kier alpha value is -0.680. The van der Waals surface area contributed by atoms with E-state index in [0.717, 1.165) is 0 Å². The highest BCUT2D eigenvalue weighted by molar-refractivity contribution is 7.98. The molecule has 0 N–H and O–H groups in total. The molecular formula is C11H7Cl3N2OS. The van der Waals surface area contributed by atoms with Crippen LogP contribution in [0.15, 0.2) is 34.2 Å². The summed E-state index contributed by atoms with van der Waals surface area (Å²) < 4.78 is 1.38. The van der Waals surface area contributed by atoms with Crippen LogP contribution < -0.4 is 5.56 Å². The van der Waals surface area contributed by atoms with Gasteiger partial charge in [-0.15, -0.1) is 0 Å². The fraction of sp³-hybridized carbons (Fsp3) is 0.0909. The quantitative estimate of drug-likeness (QED) is 0.478. The molecular weight excluding hydrogens is 315 g/mol. The van der Waals surface area contributed by atoms with E-state index in [1.54, 1.807) is 24.5 Å². The molecule has 0 bridgehead atoms. The van der Waals surface area contributed by atoms with Crippen molar-refractivity contribution >= 4 is 46.6 Å². The van der Waals surface area contributed by atoms with Crippen LogP contribution in [0.3, 0.4) is 0 Å². The van der Waals surface area contributed by atoms with Crippen LogP contribution in [-0.4, -0.2) is 15.8 Å². The standard InChI is InChI=1S/C11H7Cl3N2OS/c1-18-11-15-8(13)5-9(17)16(11)7-4-2-3-6(12)10(7)14/h2-5H,1H3. The van der Waals surface area contributed by atoms with Gasteiger partial charge in [0.2, 0.25) is 0 Å². The molecule has 0 aliphatic carbocycles. The molecule has 0 unspecified atom stereocenters. The minimum Gasteiger partial charge on any atom is -0.269 e. The summed E-state index contributed by atoms with van der Waals surface area (Å²) in [7, 11) is 0. The number of nitrogens with zero attached hydrogens (tertiary/aromatic N) is 2. The first kappa shape index (κ1) is 13.7. The normalized spacial score (nSPS) is 10.7. The second-order valence-corrected chi connectivity index (χ2v) is 5.26. The molecule has 0 radical (unpaired) electrons. The van der Waals surface area contributed by atoms with E-state index in [-0.39, 0.29) is 10.7 Å². The third kappa shape index (κ3) is 2.52. The van der Waals surface area contributed by atoms with Crippen LogP contribution in [0.4, 0.5) is 0 Å². The first-order valence-electron chi connectivity index (χ1n) is 4.82. The number of benzene rings is 1. The molecule has 0 saturated carbocycles. The Morgan fingerprint density at radius 3 is 2.67 bits per heavy atom. The highest BCUT2D eigenvalue weighted by Gasteiger charge is 2.13. The Morgan fingerprint density at radius 1 is 1.28 bits per heavy atom. The molecule has 2 aromatic rings. The van der Waals surface area contributed by atoms with E-state index in [1.165, 1.54) is 22.4 Å². The van der Waals surface area contributed by atoms with Gasteiger partial charge >= 0.3 is 0 Å². The van der Waals surface area contributed by atoms with Crippen molar-refractivity contribution in [1.29, 1.82) is 0 Å². The lowest BCUT2D eigenvalue weighted by Crippen LogP contribution is -2.20. The lowest BCUT2D eigenvalue weighted by molar-refractivity contribution is 0.798. The Bertz CT molecular complexity index is 657. The fourth-order valence-electron chi connectivity index (χ4n) is 1.46. The van der Waals surface area contributed by atoms with Gasteiger partial charge in [-0.25, -0.2) is 4.98 Å². The molecule has 0 aliphatic rings. The van der Waals surface area contributed by atoms with Crippen LogP contribution in [0.5, 0.6) is 0 Å². The third-order valence-corrected chi connectivity index (χ3v) is 3.85. The van der Waals surface area contributed by atoms with Crippen molar-refractivity contribution in [3.05, 3.63) is 49.8 Å². The summed E-state index contributed by atoms with van der Waals surface area (Å²) >= 11 is 19.1. The van der Waals surface area contributed by atoms with Crippen LogP contribution in [0, 0.1) is 0 Å². The Balaban J connectivity index is 2.79. The highest BCUT2D eigenvalue weighted by Crippen LogP contribution is 2.29. The third-order valence-electron chi connectivity index (χ3n) is 2.21. The van der Waals surface area contributed by atoms with Gasteiger partial charge in [0.25, 0.3) is 5.56 Å². The van der Waals surface area contributed by atoms with Gasteiger partial charge in [-0.05, 0) is 18.4 Å². The molecule has 1 heterocycles. The SMILES string of the molecule is CSc1nc(Cl)cc(=O)n1-c1cccc(Cl)c1Cl. The van der Waals surface area contributed by atoms with Crippen LogP contribution in [0.2, 0.25) is 15.2 Å². The summed E-state index contributed by atoms with van der Waals surface area (Å²) in [5.74, 6) is 0. The second kappa shape index (κ2) is 5.53. The van der Waals surface area contributed by atoms with E-state index in [2.05, 4.69) is 4.98 Å². The van der Waals surface area contributed by atoms with Crippen LogP contribution in [0.1, 0.15) is 0 Å². The molecule has 0 spiro atoms. The fourth-order valence-corrected chi connectivity index (χ4v) is 2.62. The van der Waals surface area contributed by atoms with E-state index < -0.39 is 0 Å². The topological polar surface area (TPSA) is 34.9 Å². The number of rotatable bonds is 2. The monoisotopic (exact) mass is 320 g/mol. The molecule has 18 heavy (non-hydrogen) atoms. The van der Waals surface area contributed by atoms with Crippen LogP contribution in [-0.2, 0) is 0 Å². The van der Waals surface area contributed by atoms with E-state index in [4.69, 9.17) is 34.8 Å². The van der Waals surface area contributed by atoms with Crippen LogP contribution >= 0.6 is 46.6 Å². The van der Waals surface area contributed by atoms with E-state index in [9.17, 15) is 4.79 Å². The zero-order valence-electron chi connectivity index (χ0n) is 9.15. The van der Waals surface area contributed by atoms with Gasteiger partial charge in [0.05, 0.1) is 15.7 Å². The number of thioether (sulfide) groups is 1. The van der Waals surface area contributed by atoms with Crippen molar-refractivity contribution < 1.29 is 0 Å². The second-order valence-electron chi connectivity index (χ2n) is 3.31. The van der Waals surface area contributed by atoms with Gasteiger partial charge in [0.1, 0.15) is 5.15 Å². The summed E-state index contributed by atoms with van der Waals surface area (Å²) in [6.45, 7) is 0. The maximum atomic E-state index is 12.0. The van der Waals surface area contributed by atoms with Gasteiger partial charge in [-0.1, -0.05) is 52.6 Å². The Kier molecular flexibility index (Phi) is 4.22. The Morgan fingerprint density at radius 2 is 2.00 bits per heavy atom. The van der Waals surface area contributed by atoms with Crippen molar-refractivity contribution in [2.24, 2.45) is 0 Å². The maximum Gasteiger partial charge on any atom is 0.260 e. The summed E-state index contributed by atoms with van der Waals surface area (Å²) in [6, 6.07) is 6.30. The molecule has 2 rings (SSSR count). The van der Waals surface area contributed by atoms with Crippen molar-refractivity contribution in [2.75, 3.05) is 6.26 Å². The first-order valence-corrected chi connectivity index (χ1v) is 7.18. The van der Waals surface area contributed by atoms with Crippen molar-refractivity contribution in [3.63, 3.8) is 0 Å². The molecule has 0 amide bonds. The number of hydrogen-bond acceptors (Lipinski definition) is 3. The smallest absolute Gasteiger partial charge is 0.260 e. The van der Waals surface area contributed by atoms with E-state index in [0.29, 0.717) is 20.9 Å². The average molecular weight is 322 g/mol. The lowest BCUT2D eigenvalue weighted by atomic mass is 10.3. The largest absolute Gasteiger partial charge is 0.269 e. The molecule has 0 atom stereocenters. The number of hydrogen-bond donors (Lipinski definition) is 0. The van der Waals surface area contributed by atoms with Gasteiger partial charge < -0.3 is 0 Å². The van der Waals surface area contributed by atoms with Crippen LogP contribution in [0.25, 0.3) is 5.69 Å². The van der Waals surface area contributed by atoms with Gasteiger partial charge in [0.15, 0.2) is 5.16 Å². The summed E-state index contributed by atoms with van der Waals surface area (Å²) in [5, 5.41) is 1.29. The van der Waals surface area contributed by atoms with E-state index in [1.807, 2.05) is 0 Å². The van der Waals surface area contributed by atoms with E-state index >= 15 is 0 Å². The maximum absolute atomic E-state index is 12.0. The molecule has 1 aromatic carbocycles. The van der Waals surface area contributed by atoms with Gasteiger partial charge in [-0.3, -0.25) is 9.36 Å². The highest BCUT2D eigenvalue weighted by atomic mass is 35.5. The molecule has 1 aromatic heterocycles. The van der Waals surface area contributed by atoms with Crippen molar-refractivity contribution in [2.45, 2.75) is 5.16 Å². The zero-order valence-corrected chi connectivity index (χ0v) is 12.2. The predicted octanol–water partition coefficient (Wildman–Crippen LogP) is 3.91. The minimum atomic E-state index is -0.302. The lowest BCUT2D eigenvalue weighted by Gasteiger charge is -2.12. The minimum absolute atomic E-state index is 0.152. The number of halogens is 3. The Labute approximate surface area is 123 Å². The molecule has 0 fully saturated rings. The predicted molar refractivity (Wildman–Crippen MR) is 76.6 cm³/mol. The molecule has 7 heteroatoms. The summed E-state index contributed by atoms with van der Waals surface area (Å²) in [4.78, 5) is 16.1.